The van der Waals surface area contributed by atoms with E-state index in [1.807, 2.05) is 6.92 Å². The smallest absolute Gasteiger partial charge is 0.337 e. The Morgan fingerprint density at radius 2 is 2.36 bits per heavy atom. The zero-order valence-electron chi connectivity index (χ0n) is 7.44. The lowest BCUT2D eigenvalue weighted by Gasteiger charge is -1.93. The number of carboxylic acids is 1. The van der Waals surface area contributed by atoms with Gasteiger partial charge in [0.2, 0.25) is 0 Å². The van der Waals surface area contributed by atoms with Gasteiger partial charge in [0.05, 0.1) is 15.4 Å². The summed E-state index contributed by atoms with van der Waals surface area (Å²) in [5, 5.41) is 9.82. The summed E-state index contributed by atoms with van der Waals surface area (Å²) in [5.74, 6) is -0.924. The van der Waals surface area contributed by atoms with Crippen LogP contribution in [0.4, 0.5) is 0 Å². The van der Waals surface area contributed by atoms with Crippen LogP contribution in [-0.4, -0.2) is 21.0 Å². The van der Waals surface area contributed by atoms with E-state index in [1.54, 1.807) is 12.4 Å². The van der Waals surface area contributed by atoms with Gasteiger partial charge in [0.15, 0.2) is 0 Å². The van der Waals surface area contributed by atoms with Gasteiger partial charge in [-0.2, -0.15) is 0 Å². The van der Waals surface area contributed by atoms with Gasteiger partial charge in [0.25, 0.3) is 0 Å². The lowest BCUT2D eigenvalue weighted by atomic mass is 10.2. The number of nitrogens with zero attached hydrogens (tertiary/aromatic N) is 1. The molecule has 2 N–H and O–H groups in total. The molecule has 0 radical (unpaired) electrons. The van der Waals surface area contributed by atoms with Crippen molar-refractivity contribution in [2.24, 2.45) is 0 Å². The molecule has 2 aromatic heterocycles. The van der Waals surface area contributed by atoms with Gasteiger partial charge in [0.1, 0.15) is 0 Å². The second-order valence-electron chi connectivity index (χ2n) is 2.83. The normalized spacial score (nSPS) is 10.4. The molecule has 0 spiro atoms. The molecule has 0 aliphatic carbocycles. The fraction of sp³-hybridized carbons (Fsp3) is 0.111. The van der Waals surface area contributed by atoms with E-state index in [-0.39, 0.29) is 5.56 Å². The number of nitrogens with one attached hydrogen (secondary N) is 1. The molecule has 14 heavy (non-hydrogen) atoms. The minimum absolute atomic E-state index is 0.286. The first kappa shape index (κ1) is 8.96. The molecule has 0 aliphatic heterocycles. The Kier molecular flexibility index (Phi) is 2.09. The second kappa shape index (κ2) is 3.26. The van der Waals surface area contributed by atoms with Gasteiger partial charge in [-0.25, -0.2) is 9.78 Å². The van der Waals surface area contributed by atoms with Gasteiger partial charge in [-0.3, -0.25) is 0 Å². The van der Waals surface area contributed by atoms with Crippen molar-refractivity contribution in [3.05, 3.63) is 29.2 Å². The summed E-state index contributed by atoms with van der Waals surface area (Å²) in [6, 6.07) is 0. The molecule has 0 aromatic carbocycles. The minimum atomic E-state index is -0.924. The molecule has 0 bridgehead atoms. The van der Waals surface area contributed by atoms with E-state index in [9.17, 15) is 4.79 Å². The fourth-order valence-corrected chi connectivity index (χ4v) is 2.04. The summed E-state index contributed by atoms with van der Waals surface area (Å²) in [5.41, 5.74) is 0.983. The van der Waals surface area contributed by atoms with Crippen molar-refractivity contribution in [1.82, 2.24) is 9.97 Å². The maximum absolute atomic E-state index is 10.8. The highest BCUT2D eigenvalue weighted by Gasteiger charge is 2.13. The van der Waals surface area contributed by atoms with Crippen molar-refractivity contribution in [3.63, 3.8) is 0 Å². The molecule has 0 amide bonds. The molecule has 72 valence electrons. The van der Waals surface area contributed by atoms with Crippen LogP contribution in [0, 0.1) is 6.92 Å². The van der Waals surface area contributed by atoms with Crippen molar-refractivity contribution in [2.45, 2.75) is 6.92 Å². The van der Waals surface area contributed by atoms with Crippen LogP contribution >= 0.6 is 11.3 Å². The van der Waals surface area contributed by atoms with Gasteiger partial charge >= 0.3 is 5.97 Å². The van der Waals surface area contributed by atoms with E-state index >= 15 is 0 Å². The number of hydrogen-bond acceptors (Lipinski definition) is 3. The van der Waals surface area contributed by atoms with Crippen molar-refractivity contribution in [1.29, 1.82) is 0 Å². The number of aromatic amines is 1. The lowest BCUT2D eigenvalue weighted by Crippen LogP contribution is -1.94. The Balaban J connectivity index is 2.51. The number of carbonyl (C=O) groups is 1. The summed E-state index contributed by atoms with van der Waals surface area (Å²) in [6.07, 6.45) is 4.85. The number of aromatic nitrogens is 2. The van der Waals surface area contributed by atoms with Crippen LogP contribution in [0.2, 0.25) is 0 Å². The van der Waals surface area contributed by atoms with Gasteiger partial charge in [0, 0.05) is 24.2 Å². The number of rotatable bonds is 2. The van der Waals surface area contributed by atoms with Crippen LogP contribution in [0.5, 0.6) is 0 Å². The molecule has 0 atom stereocenters. The first-order chi connectivity index (χ1) is 6.68. The van der Waals surface area contributed by atoms with E-state index in [0.717, 1.165) is 9.88 Å². The van der Waals surface area contributed by atoms with Crippen molar-refractivity contribution >= 4 is 17.3 Å². The predicted molar refractivity (Wildman–Crippen MR) is 53.6 cm³/mol. The Morgan fingerprint density at radius 1 is 1.57 bits per heavy atom. The van der Waals surface area contributed by atoms with Gasteiger partial charge in [-0.15, -0.1) is 11.3 Å². The molecule has 0 unspecified atom stereocenters. The molecule has 2 heterocycles. The third-order valence-corrected chi connectivity index (χ3v) is 2.81. The molecule has 2 aromatic rings. The largest absolute Gasteiger partial charge is 0.478 e. The second-order valence-corrected chi connectivity index (χ2v) is 4.07. The zero-order chi connectivity index (χ0) is 10.1. The molecular formula is C9H8N2O2S. The van der Waals surface area contributed by atoms with Gasteiger partial charge in [-0.1, -0.05) is 0 Å². The number of aromatic carboxylic acids is 1. The molecule has 0 saturated carbocycles. The molecule has 0 fully saturated rings. The van der Waals surface area contributed by atoms with Crippen molar-refractivity contribution in [2.75, 3.05) is 0 Å². The first-order valence-electron chi connectivity index (χ1n) is 4.01. The topological polar surface area (TPSA) is 66.0 Å². The Bertz CT molecular complexity index is 473. The maximum Gasteiger partial charge on any atom is 0.337 e. The van der Waals surface area contributed by atoms with Crippen LogP contribution < -0.4 is 0 Å². The van der Waals surface area contributed by atoms with E-state index in [1.165, 1.54) is 17.5 Å². The monoisotopic (exact) mass is 208 g/mol. The highest BCUT2D eigenvalue weighted by molar-refractivity contribution is 7.15. The molecule has 4 nitrogen and oxygen atoms in total. The number of aryl methyl sites for hydroxylation is 1. The van der Waals surface area contributed by atoms with Crippen molar-refractivity contribution in [3.8, 4) is 10.4 Å². The van der Waals surface area contributed by atoms with Crippen LogP contribution in [0.25, 0.3) is 10.4 Å². The van der Waals surface area contributed by atoms with Crippen LogP contribution in [0.1, 0.15) is 15.4 Å². The third kappa shape index (κ3) is 1.42. The minimum Gasteiger partial charge on any atom is -0.478 e. The average molecular weight is 208 g/mol. The van der Waals surface area contributed by atoms with E-state index in [4.69, 9.17) is 5.11 Å². The Morgan fingerprint density at radius 3 is 2.93 bits per heavy atom. The highest BCUT2D eigenvalue weighted by Crippen LogP contribution is 2.28. The maximum atomic E-state index is 10.8. The number of thiazole rings is 1. The molecule has 5 heteroatoms. The van der Waals surface area contributed by atoms with Crippen LogP contribution in [-0.2, 0) is 0 Å². The number of carboxylic acid groups (broad SMARTS) is 1. The van der Waals surface area contributed by atoms with Crippen molar-refractivity contribution < 1.29 is 9.90 Å². The molecule has 0 aliphatic rings. The first-order valence-corrected chi connectivity index (χ1v) is 4.83. The van der Waals surface area contributed by atoms with Crippen LogP contribution in [0.3, 0.4) is 0 Å². The summed E-state index contributed by atoms with van der Waals surface area (Å²) >= 11 is 1.48. The third-order valence-electron chi connectivity index (χ3n) is 1.86. The summed E-state index contributed by atoms with van der Waals surface area (Å²) in [7, 11) is 0. The Labute approximate surface area is 84.2 Å². The highest BCUT2D eigenvalue weighted by atomic mass is 32.1. The predicted octanol–water partition coefficient (Wildman–Crippen LogP) is 2.14. The Hall–Kier alpha value is -1.62. The summed E-state index contributed by atoms with van der Waals surface area (Å²) < 4.78 is 0. The van der Waals surface area contributed by atoms with Crippen LogP contribution in [0.15, 0.2) is 18.6 Å². The molecule has 2 rings (SSSR count). The lowest BCUT2D eigenvalue weighted by molar-refractivity contribution is 0.0698. The SMILES string of the molecule is Cc1ncc(-c2c[nH]cc2C(=O)O)s1. The summed E-state index contributed by atoms with van der Waals surface area (Å²) in [4.78, 5) is 18.6. The van der Waals surface area contributed by atoms with Gasteiger partial charge < -0.3 is 10.1 Å². The van der Waals surface area contributed by atoms with E-state index in [2.05, 4.69) is 9.97 Å². The quantitative estimate of drug-likeness (QED) is 0.794. The zero-order valence-corrected chi connectivity index (χ0v) is 8.26. The van der Waals surface area contributed by atoms with E-state index in [0.29, 0.717) is 5.56 Å². The average Bonchev–Trinajstić information content (AvgIpc) is 2.70. The van der Waals surface area contributed by atoms with Gasteiger partial charge in [-0.05, 0) is 6.92 Å². The van der Waals surface area contributed by atoms with E-state index < -0.39 is 5.97 Å². The number of hydrogen-bond donors (Lipinski definition) is 2. The standard InChI is InChI=1S/C9H8N2O2S/c1-5-11-4-8(14-5)6-2-10-3-7(6)9(12)13/h2-4,10H,1H3,(H,12,13). The molecular weight excluding hydrogens is 200 g/mol. The fourth-order valence-electron chi connectivity index (χ4n) is 1.23. The number of H-pyrrole nitrogens is 1. The molecule has 0 saturated heterocycles. The summed E-state index contributed by atoms with van der Waals surface area (Å²) in [6.45, 7) is 1.89.